The van der Waals surface area contributed by atoms with Gasteiger partial charge in [0.25, 0.3) is 0 Å². The summed E-state index contributed by atoms with van der Waals surface area (Å²) in [6, 6.07) is 8.51. The Labute approximate surface area is 238 Å². The second-order valence-corrected chi connectivity index (χ2v) is 11.2. The number of benzene rings is 2. The molecule has 2 heterocycles. The van der Waals surface area contributed by atoms with Gasteiger partial charge in [-0.3, -0.25) is 4.79 Å². The van der Waals surface area contributed by atoms with E-state index in [1.54, 1.807) is 9.80 Å². The molecule has 11 heteroatoms. The molecule has 0 aliphatic carbocycles. The van der Waals surface area contributed by atoms with E-state index in [1.165, 1.54) is 24.9 Å². The van der Waals surface area contributed by atoms with Crippen molar-refractivity contribution in [1.29, 1.82) is 0 Å². The van der Waals surface area contributed by atoms with Crippen molar-refractivity contribution in [2.24, 2.45) is 5.41 Å². The predicted molar refractivity (Wildman–Crippen MR) is 146 cm³/mol. The summed E-state index contributed by atoms with van der Waals surface area (Å²) < 4.78 is 40.7. The number of aryl methyl sites for hydroxylation is 2. The number of hydrogen-bond acceptors (Lipinski definition) is 5. The minimum atomic E-state index is -4.58. The number of fused-ring (bicyclic) bond motifs is 1. The van der Waals surface area contributed by atoms with Gasteiger partial charge >= 0.3 is 12.2 Å². The molecule has 3 unspecified atom stereocenters. The molecule has 3 amide bonds. The quantitative estimate of drug-likeness (QED) is 0.443. The maximum absolute atomic E-state index is 14.2. The Morgan fingerprint density at radius 3 is 2.32 bits per heavy atom. The van der Waals surface area contributed by atoms with Crippen LogP contribution in [0.3, 0.4) is 0 Å². The van der Waals surface area contributed by atoms with E-state index in [4.69, 9.17) is 0 Å². The summed E-state index contributed by atoms with van der Waals surface area (Å²) in [4.78, 5) is 32.5. The summed E-state index contributed by atoms with van der Waals surface area (Å²) in [6.07, 6.45) is -3.87. The van der Waals surface area contributed by atoms with E-state index in [2.05, 4.69) is 0 Å². The van der Waals surface area contributed by atoms with E-state index >= 15 is 0 Å². The number of likely N-dealkylation sites (N-methyl/N-ethyl adjacent to an activating group) is 1. The van der Waals surface area contributed by atoms with Crippen LogP contribution < -0.4 is 0 Å². The number of aliphatic hydroxyl groups is 3. The van der Waals surface area contributed by atoms with Gasteiger partial charge in [0.05, 0.1) is 35.7 Å². The Morgan fingerprint density at radius 1 is 1.07 bits per heavy atom. The molecule has 2 fully saturated rings. The van der Waals surface area contributed by atoms with Crippen LogP contribution in [0.25, 0.3) is 0 Å². The van der Waals surface area contributed by atoms with Crippen molar-refractivity contribution in [3.63, 3.8) is 0 Å². The lowest BCUT2D eigenvalue weighted by molar-refractivity contribution is -0.140. The molecule has 0 aromatic heterocycles. The molecule has 2 saturated heterocycles. The molecule has 2 aliphatic heterocycles. The molecule has 2 aromatic rings. The fraction of sp³-hybridized carbons (Fsp3) is 0.533. The number of alkyl halides is 3. The molecule has 3 N–H and O–H groups in total. The number of halogens is 3. The van der Waals surface area contributed by atoms with Crippen LogP contribution in [0.4, 0.5) is 18.0 Å². The van der Waals surface area contributed by atoms with Gasteiger partial charge in [-0.2, -0.15) is 13.2 Å². The Bertz CT molecular complexity index is 1260. The van der Waals surface area contributed by atoms with Crippen LogP contribution in [-0.4, -0.2) is 88.0 Å². The average molecular weight is 578 g/mol. The van der Waals surface area contributed by atoms with Crippen molar-refractivity contribution in [2.45, 2.75) is 57.4 Å². The monoisotopic (exact) mass is 577 g/mol. The third-order valence-electron chi connectivity index (χ3n) is 8.68. The zero-order valence-corrected chi connectivity index (χ0v) is 23.6. The Kier molecular flexibility index (Phi) is 9.01. The summed E-state index contributed by atoms with van der Waals surface area (Å²) in [7, 11) is 1.46. The minimum absolute atomic E-state index is 0.155. The summed E-state index contributed by atoms with van der Waals surface area (Å²) in [5, 5.41) is 29.8. The molecule has 2 aliphatic rings. The summed E-state index contributed by atoms with van der Waals surface area (Å²) in [5.74, 6) is -0.155. The summed E-state index contributed by atoms with van der Waals surface area (Å²) in [5.41, 5.74) is 0.448. The number of nitrogens with zero attached hydrogens (tertiary/aromatic N) is 3. The first kappa shape index (κ1) is 30.8. The Hall–Kier alpha value is -3.15. The Balaban J connectivity index is 1.74. The van der Waals surface area contributed by atoms with Crippen LogP contribution in [0.5, 0.6) is 0 Å². The van der Waals surface area contributed by atoms with Gasteiger partial charge < -0.3 is 30.0 Å². The lowest BCUT2D eigenvalue weighted by Crippen LogP contribution is -2.58. The van der Waals surface area contributed by atoms with Gasteiger partial charge in [0.15, 0.2) is 0 Å². The molecule has 3 atom stereocenters. The van der Waals surface area contributed by atoms with Gasteiger partial charge in [-0.1, -0.05) is 35.9 Å². The first-order valence-corrected chi connectivity index (χ1v) is 13.8. The maximum Gasteiger partial charge on any atom is 0.416 e. The largest absolute Gasteiger partial charge is 0.416 e. The number of piperazine rings is 1. The highest BCUT2D eigenvalue weighted by atomic mass is 19.4. The first-order valence-electron chi connectivity index (χ1n) is 13.8. The molecule has 4 rings (SSSR count). The van der Waals surface area contributed by atoms with E-state index in [9.17, 15) is 38.1 Å². The van der Waals surface area contributed by atoms with Gasteiger partial charge in [-0.15, -0.1) is 0 Å². The van der Waals surface area contributed by atoms with Crippen LogP contribution in [0.15, 0.2) is 42.5 Å². The molecular formula is C30H38F3N3O5. The summed E-state index contributed by atoms with van der Waals surface area (Å²) in [6.45, 7) is 2.81. The maximum atomic E-state index is 14.2. The molecule has 8 nitrogen and oxygen atoms in total. The zero-order valence-electron chi connectivity index (χ0n) is 23.6. The fourth-order valence-corrected chi connectivity index (χ4v) is 6.60. The van der Waals surface area contributed by atoms with Crippen molar-refractivity contribution in [3.8, 4) is 0 Å². The highest BCUT2D eigenvalue weighted by molar-refractivity contribution is 5.86. The van der Waals surface area contributed by atoms with E-state index in [1.807, 2.05) is 31.2 Å². The van der Waals surface area contributed by atoms with Gasteiger partial charge in [-0.25, -0.2) is 4.79 Å². The average Bonchev–Trinajstić information content (AvgIpc) is 3.19. The van der Waals surface area contributed by atoms with Gasteiger partial charge in [-0.05, 0) is 61.9 Å². The van der Waals surface area contributed by atoms with Crippen molar-refractivity contribution in [1.82, 2.24) is 14.7 Å². The lowest BCUT2D eigenvalue weighted by atomic mass is 9.77. The fourth-order valence-electron chi connectivity index (χ4n) is 6.60. The highest BCUT2D eigenvalue weighted by Gasteiger charge is 2.56. The van der Waals surface area contributed by atoms with Crippen LogP contribution in [0, 0.1) is 19.3 Å². The molecule has 0 saturated carbocycles. The first-order chi connectivity index (χ1) is 19.4. The lowest BCUT2D eigenvalue weighted by Gasteiger charge is -2.47. The molecule has 0 bridgehead atoms. The third kappa shape index (κ3) is 5.80. The number of carbonyl (C=O) groups is 2. The number of aliphatic hydroxyl groups excluding tert-OH is 3. The zero-order chi connectivity index (χ0) is 30.1. The standard InChI is InChI=1S/C30H38F3N3O5/c1-19-14-21(16-22(15-19)30(31,32)33)25(18-39)34(3)28(41)36-11-10-35-24(26(36)23-7-5-4-6-20(23)2)17-29(8-12-37,9-13-38)27(35)40/h4-7,14-16,24-26,37-39H,8-13,17-18H2,1-3H3. The Morgan fingerprint density at radius 2 is 1.73 bits per heavy atom. The second-order valence-electron chi connectivity index (χ2n) is 11.2. The SMILES string of the molecule is Cc1cc(C(CO)N(C)C(=O)N2CCN3C(=O)C(CCO)(CCO)CC3C2c2ccccc2C)cc(C(F)(F)F)c1. The van der Waals surface area contributed by atoms with E-state index in [0.717, 1.165) is 23.3 Å². The molecular weight excluding hydrogens is 539 g/mol. The molecule has 2 aromatic carbocycles. The van der Waals surface area contributed by atoms with Crippen LogP contribution in [0.1, 0.15) is 59.2 Å². The van der Waals surface area contributed by atoms with E-state index in [0.29, 0.717) is 12.0 Å². The number of rotatable bonds is 8. The van der Waals surface area contributed by atoms with Gasteiger partial charge in [0, 0.05) is 33.4 Å². The van der Waals surface area contributed by atoms with E-state index < -0.39 is 47.9 Å². The number of carbonyl (C=O) groups excluding carboxylic acids is 2. The minimum Gasteiger partial charge on any atom is -0.396 e. The van der Waals surface area contributed by atoms with Crippen molar-refractivity contribution >= 4 is 11.9 Å². The number of amides is 3. The van der Waals surface area contributed by atoms with Crippen LogP contribution >= 0.6 is 0 Å². The highest BCUT2D eigenvalue weighted by Crippen LogP contribution is 2.49. The van der Waals surface area contributed by atoms with Crippen molar-refractivity contribution in [3.05, 3.63) is 70.3 Å². The van der Waals surface area contributed by atoms with E-state index in [-0.39, 0.29) is 50.6 Å². The smallest absolute Gasteiger partial charge is 0.396 e. The van der Waals surface area contributed by atoms with Gasteiger partial charge in [0.2, 0.25) is 5.91 Å². The summed E-state index contributed by atoms with van der Waals surface area (Å²) >= 11 is 0. The van der Waals surface area contributed by atoms with Crippen molar-refractivity contribution in [2.75, 3.05) is 40.0 Å². The molecule has 0 spiro atoms. The number of urea groups is 1. The van der Waals surface area contributed by atoms with Crippen LogP contribution in [-0.2, 0) is 11.0 Å². The molecule has 224 valence electrons. The predicted octanol–water partition coefficient (Wildman–Crippen LogP) is 3.82. The van der Waals surface area contributed by atoms with Gasteiger partial charge in [0.1, 0.15) is 0 Å². The van der Waals surface area contributed by atoms with Crippen molar-refractivity contribution < 1.29 is 38.1 Å². The molecule has 41 heavy (non-hydrogen) atoms. The normalized spacial score (nSPS) is 21.1. The number of hydrogen-bond donors (Lipinski definition) is 3. The second kappa shape index (κ2) is 12.0. The topological polar surface area (TPSA) is 105 Å². The van der Waals surface area contributed by atoms with Crippen LogP contribution in [0.2, 0.25) is 0 Å². The molecule has 0 radical (unpaired) electrons. The third-order valence-corrected chi connectivity index (χ3v) is 8.68.